The van der Waals surface area contributed by atoms with E-state index < -0.39 is 0 Å². The van der Waals surface area contributed by atoms with Crippen LogP contribution in [0, 0.1) is 6.92 Å². The fourth-order valence-corrected chi connectivity index (χ4v) is 2.20. The molecule has 0 bridgehead atoms. The first-order chi connectivity index (χ1) is 10.2. The van der Waals surface area contributed by atoms with Gasteiger partial charge in [-0.2, -0.15) is 0 Å². The first-order valence-electron chi connectivity index (χ1n) is 6.81. The highest BCUT2D eigenvalue weighted by atomic mass is 32.2. The molecule has 0 spiro atoms. The minimum atomic E-state index is -0.0426. The molecular formula is C17H19NO2S. The van der Waals surface area contributed by atoms with Crippen molar-refractivity contribution in [2.45, 2.75) is 18.2 Å². The summed E-state index contributed by atoms with van der Waals surface area (Å²) >= 11 is 1.68. The van der Waals surface area contributed by atoms with Gasteiger partial charge in [0, 0.05) is 10.6 Å². The van der Waals surface area contributed by atoms with Crippen LogP contribution < -0.4 is 10.1 Å². The molecule has 0 aliphatic rings. The standard InChI is InChI=1S/C17H19NO2S/c1-13-3-7-15(8-4-13)20-12-11-17(19)18-14-5-9-16(21-2)10-6-14/h3-10H,11-12H2,1-2H3,(H,18,19). The lowest BCUT2D eigenvalue weighted by Gasteiger charge is -2.08. The Morgan fingerprint density at radius 3 is 2.38 bits per heavy atom. The molecule has 0 atom stereocenters. The number of nitrogens with one attached hydrogen (secondary N) is 1. The van der Waals surface area contributed by atoms with E-state index >= 15 is 0 Å². The molecule has 2 aromatic rings. The number of carbonyl (C=O) groups is 1. The third kappa shape index (κ3) is 5.16. The Morgan fingerprint density at radius 1 is 1.10 bits per heavy atom. The molecule has 3 nitrogen and oxygen atoms in total. The number of anilines is 1. The van der Waals surface area contributed by atoms with E-state index in [1.807, 2.05) is 61.7 Å². The molecule has 0 radical (unpaired) electrons. The quantitative estimate of drug-likeness (QED) is 0.815. The van der Waals surface area contributed by atoms with E-state index in [2.05, 4.69) is 5.32 Å². The van der Waals surface area contributed by atoms with Gasteiger partial charge in [0.15, 0.2) is 0 Å². The van der Waals surface area contributed by atoms with E-state index in [1.165, 1.54) is 10.5 Å². The van der Waals surface area contributed by atoms with Gasteiger partial charge < -0.3 is 10.1 Å². The summed E-state index contributed by atoms with van der Waals surface area (Å²) in [6.45, 7) is 2.40. The van der Waals surface area contributed by atoms with Crippen molar-refractivity contribution in [1.82, 2.24) is 0 Å². The lowest BCUT2D eigenvalue weighted by Crippen LogP contribution is -2.15. The molecule has 0 aliphatic carbocycles. The van der Waals surface area contributed by atoms with Crippen LogP contribution in [0.1, 0.15) is 12.0 Å². The highest BCUT2D eigenvalue weighted by Crippen LogP contribution is 2.17. The van der Waals surface area contributed by atoms with Crippen molar-refractivity contribution >= 4 is 23.4 Å². The zero-order valence-corrected chi connectivity index (χ0v) is 13.1. The molecule has 0 heterocycles. The molecule has 0 aromatic heterocycles. The Hall–Kier alpha value is -1.94. The molecule has 110 valence electrons. The van der Waals surface area contributed by atoms with Crippen LogP contribution in [0.25, 0.3) is 0 Å². The molecule has 1 amide bonds. The summed E-state index contributed by atoms with van der Waals surface area (Å²) in [6, 6.07) is 15.6. The summed E-state index contributed by atoms with van der Waals surface area (Å²) in [7, 11) is 0. The van der Waals surface area contributed by atoms with Gasteiger partial charge in [-0.15, -0.1) is 11.8 Å². The second-order valence-electron chi connectivity index (χ2n) is 4.69. The van der Waals surface area contributed by atoms with Crippen molar-refractivity contribution in [2.75, 3.05) is 18.2 Å². The van der Waals surface area contributed by atoms with Crippen LogP contribution in [-0.2, 0) is 4.79 Å². The van der Waals surface area contributed by atoms with Crippen LogP contribution in [0.2, 0.25) is 0 Å². The Morgan fingerprint density at radius 2 is 1.76 bits per heavy atom. The van der Waals surface area contributed by atoms with Gasteiger partial charge >= 0.3 is 0 Å². The second-order valence-corrected chi connectivity index (χ2v) is 5.57. The van der Waals surface area contributed by atoms with Crippen molar-refractivity contribution in [2.24, 2.45) is 0 Å². The monoisotopic (exact) mass is 301 g/mol. The number of rotatable bonds is 6. The van der Waals surface area contributed by atoms with Crippen molar-refractivity contribution in [3.8, 4) is 5.75 Å². The average molecular weight is 301 g/mol. The van der Waals surface area contributed by atoms with E-state index in [-0.39, 0.29) is 5.91 Å². The molecular weight excluding hydrogens is 282 g/mol. The van der Waals surface area contributed by atoms with Crippen LogP contribution in [0.3, 0.4) is 0 Å². The Balaban J connectivity index is 1.75. The van der Waals surface area contributed by atoms with Gasteiger partial charge in [0.05, 0.1) is 13.0 Å². The zero-order chi connectivity index (χ0) is 15.1. The van der Waals surface area contributed by atoms with E-state index in [4.69, 9.17) is 4.74 Å². The number of ether oxygens (including phenoxy) is 1. The molecule has 0 fully saturated rings. The molecule has 1 N–H and O–H groups in total. The van der Waals surface area contributed by atoms with Crippen LogP contribution >= 0.6 is 11.8 Å². The number of carbonyl (C=O) groups excluding carboxylic acids is 1. The minimum absolute atomic E-state index is 0.0426. The molecule has 2 rings (SSSR count). The normalized spacial score (nSPS) is 10.2. The molecule has 0 saturated carbocycles. The van der Waals surface area contributed by atoms with Gasteiger partial charge in [-0.3, -0.25) is 4.79 Å². The van der Waals surface area contributed by atoms with E-state index in [1.54, 1.807) is 11.8 Å². The minimum Gasteiger partial charge on any atom is -0.493 e. The van der Waals surface area contributed by atoms with Gasteiger partial charge in [0.1, 0.15) is 5.75 Å². The summed E-state index contributed by atoms with van der Waals surface area (Å²) in [4.78, 5) is 13.0. The highest BCUT2D eigenvalue weighted by molar-refractivity contribution is 7.98. The van der Waals surface area contributed by atoms with Crippen molar-refractivity contribution in [3.63, 3.8) is 0 Å². The largest absolute Gasteiger partial charge is 0.493 e. The Bertz CT molecular complexity index is 579. The Labute approximate surface area is 129 Å². The smallest absolute Gasteiger partial charge is 0.227 e. The van der Waals surface area contributed by atoms with Crippen LogP contribution in [-0.4, -0.2) is 18.8 Å². The third-order valence-electron chi connectivity index (χ3n) is 2.99. The fourth-order valence-electron chi connectivity index (χ4n) is 1.79. The lowest BCUT2D eigenvalue weighted by molar-refractivity contribution is -0.116. The van der Waals surface area contributed by atoms with E-state index in [0.29, 0.717) is 13.0 Å². The summed E-state index contributed by atoms with van der Waals surface area (Å²) in [5.74, 6) is 0.747. The van der Waals surface area contributed by atoms with Crippen molar-refractivity contribution < 1.29 is 9.53 Å². The highest BCUT2D eigenvalue weighted by Gasteiger charge is 2.03. The first-order valence-corrected chi connectivity index (χ1v) is 8.03. The SMILES string of the molecule is CSc1ccc(NC(=O)CCOc2ccc(C)cc2)cc1. The number of hydrogen-bond donors (Lipinski definition) is 1. The Kier molecular flexibility index (Phi) is 5.69. The fraction of sp³-hybridized carbons (Fsp3) is 0.235. The maximum Gasteiger partial charge on any atom is 0.227 e. The van der Waals surface area contributed by atoms with Gasteiger partial charge in [0.25, 0.3) is 0 Å². The average Bonchev–Trinajstić information content (AvgIpc) is 2.50. The predicted octanol–water partition coefficient (Wildman–Crippen LogP) is 4.12. The number of hydrogen-bond acceptors (Lipinski definition) is 3. The number of amides is 1. The van der Waals surface area contributed by atoms with Gasteiger partial charge in [0.2, 0.25) is 5.91 Å². The molecule has 2 aromatic carbocycles. The summed E-state index contributed by atoms with van der Waals surface area (Å²) < 4.78 is 5.54. The number of thioether (sulfide) groups is 1. The predicted molar refractivity (Wildman–Crippen MR) is 88.1 cm³/mol. The zero-order valence-electron chi connectivity index (χ0n) is 12.3. The second kappa shape index (κ2) is 7.74. The van der Waals surface area contributed by atoms with Gasteiger partial charge in [-0.1, -0.05) is 17.7 Å². The molecule has 21 heavy (non-hydrogen) atoms. The number of benzene rings is 2. The van der Waals surface area contributed by atoms with E-state index in [9.17, 15) is 4.79 Å². The molecule has 0 saturated heterocycles. The molecule has 4 heteroatoms. The third-order valence-corrected chi connectivity index (χ3v) is 3.74. The van der Waals surface area contributed by atoms with Crippen molar-refractivity contribution in [3.05, 3.63) is 54.1 Å². The maximum atomic E-state index is 11.8. The first kappa shape index (κ1) is 15.4. The maximum absolute atomic E-state index is 11.8. The summed E-state index contributed by atoms with van der Waals surface area (Å²) in [6.07, 6.45) is 2.36. The summed E-state index contributed by atoms with van der Waals surface area (Å²) in [5, 5.41) is 2.86. The summed E-state index contributed by atoms with van der Waals surface area (Å²) in [5.41, 5.74) is 2.00. The van der Waals surface area contributed by atoms with Crippen LogP contribution in [0.5, 0.6) is 5.75 Å². The van der Waals surface area contributed by atoms with Crippen LogP contribution in [0.4, 0.5) is 5.69 Å². The number of aryl methyl sites for hydroxylation is 1. The van der Waals surface area contributed by atoms with Crippen LogP contribution in [0.15, 0.2) is 53.4 Å². The topological polar surface area (TPSA) is 38.3 Å². The lowest BCUT2D eigenvalue weighted by atomic mass is 10.2. The van der Waals surface area contributed by atoms with Crippen molar-refractivity contribution in [1.29, 1.82) is 0 Å². The van der Waals surface area contributed by atoms with E-state index in [0.717, 1.165) is 11.4 Å². The van der Waals surface area contributed by atoms with Gasteiger partial charge in [-0.25, -0.2) is 0 Å². The molecule has 0 unspecified atom stereocenters. The van der Waals surface area contributed by atoms with Gasteiger partial charge in [-0.05, 0) is 49.6 Å². The molecule has 0 aliphatic heterocycles.